The van der Waals surface area contributed by atoms with Gasteiger partial charge in [0.2, 0.25) is 5.91 Å². The van der Waals surface area contributed by atoms with Crippen LogP contribution in [-0.4, -0.2) is 17.1 Å². The van der Waals surface area contributed by atoms with Gasteiger partial charge in [-0.05, 0) is 37.1 Å². The third-order valence-corrected chi connectivity index (χ3v) is 3.59. The first-order valence-corrected chi connectivity index (χ1v) is 7.34. The molecule has 0 saturated heterocycles. The third-order valence-electron chi connectivity index (χ3n) is 3.59. The summed E-state index contributed by atoms with van der Waals surface area (Å²) in [6.45, 7) is 3.55. The molecule has 2 atom stereocenters. The van der Waals surface area contributed by atoms with Crippen LogP contribution >= 0.6 is 0 Å². The number of aryl methyl sites for hydroxylation is 1. The number of benzene rings is 2. The SMILES string of the molecule is Cc1cccc(CC(=O)NC(C)C(O)c2ccc(F)c(F)c2)c1. The van der Waals surface area contributed by atoms with Crippen molar-refractivity contribution in [3.05, 3.63) is 70.8 Å². The highest BCUT2D eigenvalue weighted by Gasteiger charge is 2.19. The maximum absolute atomic E-state index is 13.2. The molecule has 0 radical (unpaired) electrons. The summed E-state index contributed by atoms with van der Waals surface area (Å²) in [5.74, 6) is -2.25. The van der Waals surface area contributed by atoms with Gasteiger partial charge in [0.1, 0.15) is 0 Å². The molecule has 0 aliphatic heterocycles. The van der Waals surface area contributed by atoms with Crippen LogP contribution in [0.1, 0.15) is 29.7 Å². The van der Waals surface area contributed by atoms with E-state index in [1.54, 1.807) is 6.92 Å². The molecule has 2 N–H and O–H groups in total. The number of nitrogens with one attached hydrogen (secondary N) is 1. The van der Waals surface area contributed by atoms with Crippen molar-refractivity contribution in [3.8, 4) is 0 Å². The quantitative estimate of drug-likeness (QED) is 0.890. The van der Waals surface area contributed by atoms with Crippen molar-refractivity contribution in [1.29, 1.82) is 0 Å². The lowest BCUT2D eigenvalue weighted by Crippen LogP contribution is -2.38. The molecule has 1 amide bonds. The first-order chi connectivity index (χ1) is 10.9. The van der Waals surface area contributed by atoms with Crippen molar-refractivity contribution in [2.24, 2.45) is 0 Å². The van der Waals surface area contributed by atoms with Crippen LogP contribution in [-0.2, 0) is 11.2 Å². The molecule has 0 heterocycles. The van der Waals surface area contributed by atoms with Gasteiger partial charge in [-0.25, -0.2) is 8.78 Å². The number of carbonyl (C=O) groups excluding carboxylic acids is 1. The van der Waals surface area contributed by atoms with Crippen LogP contribution in [0.2, 0.25) is 0 Å². The Morgan fingerprint density at radius 2 is 1.91 bits per heavy atom. The van der Waals surface area contributed by atoms with Gasteiger partial charge in [0, 0.05) is 0 Å². The number of rotatable bonds is 5. The summed E-state index contributed by atoms with van der Waals surface area (Å²) in [7, 11) is 0. The zero-order valence-electron chi connectivity index (χ0n) is 13.0. The minimum atomic E-state index is -1.12. The Balaban J connectivity index is 1.98. The Labute approximate surface area is 134 Å². The molecular weight excluding hydrogens is 300 g/mol. The molecule has 2 aromatic rings. The summed E-state index contributed by atoms with van der Waals surface area (Å²) in [6, 6.07) is 10.1. The second-order valence-electron chi connectivity index (χ2n) is 5.64. The van der Waals surface area contributed by atoms with Crippen LogP contribution in [0.3, 0.4) is 0 Å². The second kappa shape index (κ2) is 7.33. The number of aliphatic hydroxyl groups excluding tert-OH is 1. The zero-order chi connectivity index (χ0) is 17.0. The normalized spacial score (nSPS) is 13.4. The summed E-state index contributed by atoms with van der Waals surface area (Å²) < 4.78 is 26.1. The number of hydrogen-bond donors (Lipinski definition) is 2. The molecule has 122 valence electrons. The maximum atomic E-state index is 13.2. The van der Waals surface area contributed by atoms with E-state index < -0.39 is 23.8 Å². The van der Waals surface area contributed by atoms with Gasteiger partial charge in [-0.15, -0.1) is 0 Å². The van der Waals surface area contributed by atoms with Crippen LogP contribution in [0.25, 0.3) is 0 Å². The topological polar surface area (TPSA) is 49.3 Å². The van der Waals surface area contributed by atoms with Crippen molar-refractivity contribution < 1.29 is 18.7 Å². The standard InChI is InChI=1S/C18H19F2NO2/c1-11-4-3-5-13(8-11)9-17(22)21-12(2)18(23)14-6-7-15(19)16(20)10-14/h3-8,10,12,18,23H,9H2,1-2H3,(H,21,22). The van der Waals surface area contributed by atoms with Gasteiger partial charge in [-0.3, -0.25) is 4.79 Å². The van der Waals surface area contributed by atoms with Gasteiger partial charge in [0.25, 0.3) is 0 Å². The lowest BCUT2D eigenvalue weighted by molar-refractivity contribution is -0.121. The highest BCUT2D eigenvalue weighted by molar-refractivity contribution is 5.78. The van der Waals surface area contributed by atoms with Gasteiger partial charge in [-0.1, -0.05) is 35.9 Å². The van der Waals surface area contributed by atoms with E-state index in [2.05, 4.69) is 5.32 Å². The Bertz CT molecular complexity index is 703. The number of amides is 1. The van der Waals surface area contributed by atoms with Gasteiger partial charge < -0.3 is 10.4 Å². The van der Waals surface area contributed by atoms with Crippen LogP contribution in [0, 0.1) is 18.6 Å². The number of hydrogen-bond acceptors (Lipinski definition) is 2. The van der Waals surface area contributed by atoms with E-state index in [4.69, 9.17) is 0 Å². The second-order valence-corrected chi connectivity index (χ2v) is 5.64. The molecule has 23 heavy (non-hydrogen) atoms. The monoisotopic (exact) mass is 319 g/mol. The van der Waals surface area contributed by atoms with Crippen LogP contribution < -0.4 is 5.32 Å². The lowest BCUT2D eigenvalue weighted by Gasteiger charge is -2.21. The number of aliphatic hydroxyl groups is 1. The molecular formula is C18H19F2NO2. The third kappa shape index (κ3) is 4.60. The summed E-state index contributed by atoms with van der Waals surface area (Å²) in [6.07, 6.45) is -0.928. The lowest BCUT2D eigenvalue weighted by atomic mass is 10.0. The Hall–Kier alpha value is -2.27. The predicted molar refractivity (Wildman–Crippen MR) is 83.8 cm³/mol. The van der Waals surface area contributed by atoms with Gasteiger partial charge in [0.05, 0.1) is 18.6 Å². The van der Waals surface area contributed by atoms with E-state index in [-0.39, 0.29) is 17.9 Å². The summed E-state index contributed by atoms with van der Waals surface area (Å²) >= 11 is 0. The zero-order valence-corrected chi connectivity index (χ0v) is 13.0. The molecule has 5 heteroatoms. The van der Waals surface area contributed by atoms with Gasteiger partial charge in [0.15, 0.2) is 11.6 Å². The van der Waals surface area contributed by atoms with E-state index >= 15 is 0 Å². The molecule has 0 aliphatic carbocycles. The minimum absolute atomic E-state index is 0.191. The number of halogens is 2. The highest BCUT2D eigenvalue weighted by atomic mass is 19.2. The van der Waals surface area contributed by atoms with E-state index in [0.717, 1.165) is 23.3 Å². The van der Waals surface area contributed by atoms with E-state index in [9.17, 15) is 18.7 Å². The summed E-state index contributed by atoms with van der Waals surface area (Å²) in [5, 5.41) is 12.8. The Morgan fingerprint density at radius 1 is 1.17 bits per heavy atom. The van der Waals surface area contributed by atoms with E-state index in [1.165, 1.54) is 6.07 Å². The first-order valence-electron chi connectivity index (χ1n) is 7.34. The van der Waals surface area contributed by atoms with Crippen molar-refractivity contribution in [3.63, 3.8) is 0 Å². The fourth-order valence-electron chi connectivity index (χ4n) is 2.38. The van der Waals surface area contributed by atoms with Crippen molar-refractivity contribution >= 4 is 5.91 Å². The smallest absolute Gasteiger partial charge is 0.224 e. The van der Waals surface area contributed by atoms with Gasteiger partial charge >= 0.3 is 0 Å². The molecule has 0 aliphatic rings. The molecule has 2 aromatic carbocycles. The maximum Gasteiger partial charge on any atom is 0.224 e. The van der Waals surface area contributed by atoms with Crippen molar-refractivity contribution in [2.75, 3.05) is 0 Å². The van der Waals surface area contributed by atoms with Crippen LogP contribution in [0.15, 0.2) is 42.5 Å². The molecule has 0 bridgehead atoms. The first kappa shape index (κ1) is 17.1. The van der Waals surface area contributed by atoms with E-state index in [0.29, 0.717) is 0 Å². The predicted octanol–water partition coefficient (Wildman–Crippen LogP) is 3.05. The van der Waals surface area contributed by atoms with E-state index in [1.807, 2.05) is 31.2 Å². The van der Waals surface area contributed by atoms with Crippen LogP contribution in [0.5, 0.6) is 0 Å². The Kier molecular flexibility index (Phi) is 5.45. The van der Waals surface area contributed by atoms with Crippen molar-refractivity contribution in [2.45, 2.75) is 32.4 Å². The summed E-state index contributed by atoms with van der Waals surface area (Å²) in [5.41, 5.74) is 2.15. The summed E-state index contributed by atoms with van der Waals surface area (Å²) in [4.78, 5) is 12.0. The van der Waals surface area contributed by atoms with Crippen LogP contribution in [0.4, 0.5) is 8.78 Å². The highest BCUT2D eigenvalue weighted by Crippen LogP contribution is 2.19. The molecule has 0 spiro atoms. The fraction of sp³-hybridized carbons (Fsp3) is 0.278. The molecule has 0 saturated carbocycles. The molecule has 3 nitrogen and oxygen atoms in total. The molecule has 0 aromatic heterocycles. The molecule has 0 fully saturated rings. The largest absolute Gasteiger partial charge is 0.386 e. The fourth-order valence-corrected chi connectivity index (χ4v) is 2.38. The van der Waals surface area contributed by atoms with Gasteiger partial charge in [-0.2, -0.15) is 0 Å². The molecule has 2 unspecified atom stereocenters. The number of carbonyl (C=O) groups is 1. The average molecular weight is 319 g/mol. The average Bonchev–Trinajstić information content (AvgIpc) is 2.49. The molecule has 2 rings (SSSR count). The van der Waals surface area contributed by atoms with Crippen molar-refractivity contribution in [1.82, 2.24) is 5.32 Å². The minimum Gasteiger partial charge on any atom is -0.386 e. The Morgan fingerprint density at radius 3 is 2.57 bits per heavy atom.